The van der Waals surface area contributed by atoms with E-state index in [1.54, 1.807) is 72.0 Å². The maximum Gasteiger partial charge on any atom is 0.618 e. The van der Waals surface area contributed by atoms with E-state index in [1.807, 2.05) is 50.4 Å². The van der Waals surface area contributed by atoms with Gasteiger partial charge in [-0.2, -0.15) is 0 Å². The fourth-order valence-corrected chi connectivity index (χ4v) is 14.6. The van der Waals surface area contributed by atoms with Crippen molar-refractivity contribution in [1.82, 2.24) is 51.8 Å². The molecule has 13 N–H and O–H groups in total. The molecule has 6 atom stereocenters. The van der Waals surface area contributed by atoms with Crippen molar-refractivity contribution in [2.75, 3.05) is 30.5 Å². The number of hydrogen-bond donors (Lipinski definition) is 13. The van der Waals surface area contributed by atoms with Crippen LogP contribution in [-0.2, 0) is 89.0 Å². The Morgan fingerprint density at radius 1 is 0.550 bits per heavy atom. The Kier molecular flexibility index (Phi) is 30.3. The van der Waals surface area contributed by atoms with E-state index in [4.69, 9.17) is 28.5 Å². The number of benzene rings is 4. The number of carbonyl (C=O) groups excluding carboxylic acids is 8. The van der Waals surface area contributed by atoms with E-state index >= 15 is 4.79 Å². The van der Waals surface area contributed by atoms with Gasteiger partial charge in [-0.25, -0.2) is 19.6 Å². The number of anilines is 2. The zero-order chi connectivity index (χ0) is 79.3. The third-order valence-corrected chi connectivity index (χ3v) is 21.7. The second-order valence-corrected chi connectivity index (χ2v) is 31.9. The Balaban J connectivity index is 0.981. The van der Waals surface area contributed by atoms with Gasteiger partial charge in [0.15, 0.2) is 0 Å². The number of carboxylic acids is 1. The van der Waals surface area contributed by atoms with Gasteiger partial charge in [0.1, 0.15) is 35.0 Å². The molecule has 2 aromatic heterocycles. The first-order chi connectivity index (χ1) is 51.6. The van der Waals surface area contributed by atoms with Gasteiger partial charge in [-0.05, 0) is 102 Å². The van der Waals surface area contributed by atoms with Crippen LogP contribution in [0.25, 0.3) is 0 Å². The van der Waals surface area contributed by atoms with Gasteiger partial charge in [0.25, 0.3) is 11.8 Å². The van der Waals surface area contributed by atoms with E-state index in [2.05, 4.69) is 41.2 Å². The molecule has 109 heavy (non-hydrogen) atoms. The summed E-state index contributed by atoms with van der Waals surface area (Å²) in [6.45, 7) is 5.26. The van der Waals surface area contributed by atoms with Crippen molar-refractivity contribution in [2.24, 2.45) is 11.8 Å². The maximum absolute atomic E-state index is 15.1. The van der Waals surface area contributed by atoms with E-state index in [0.717, 1.165) is 10.5 Å². The summed E-state index contributed by atoms with van der Waals surface area (Å²) in [6, 6.07) is 23.6. The van der Waals surface area contributed by atoms with E-state index in [-0.39, 0.29) is 106 Å². The minimum atomic E-state index is -5.45. The van der Waals surface area contributed by atoms with Crippen molar-refractivity contribution in [2.45, 2.75) is 140 Å². The van der Waals surface area contributed by atoms with Crippen molar-refractivity contribution >= 4 is 102 Å². The van der Waals surface area contributed by atoms with Crippen LogP contribution in [0.2, 0.25) is 0 Å². The van der Waals surface area contributed by atoms with Crippen molar-refractivity contribution in [1.29, 1.82) is 0 Å². The molecule has 36 nitrogen and oxygen atoms in total. The number of aliphatic carboxylic acids is 1. The summed E-state index contributed by atoms with van der Waals surface area (Å²) < 4.78 is 65.9. The summed E-state index contributed by atoms with van der Waals surface area (Å²) in [5.41, 5.74) is 1.22. The molecule has 0 aliphatic carbocycles. The smallest absolute Gasteiger partial charge is 0.522 e. The van der Waals surface area contributed by atoms with E-state index in [9.17, 15) is 81.4 Å². The molecule has 8 rings (SSSR count). The van der Waals surface area contributed by atoms with Gasteiger partial charge < -0.3 is 94.6 Å². The van der Waals surface area contributed by atoms with Gasteiger partial charge in [0, 0.05) is 88.4 Å². The minimum Gasteiger partial charge on any atom is -0.522 e. The molecule has 0 bridgehead atoms. The Hall–Kier alpha value is -9.83. The second-order valence-electron chi connectivity index (χ2n) is 26.4. The number of aromatic nitrogens is 4. The summed E-state index contributed by atoms with van der Waals surface area (Å²) in [5, 5.41) is 24.5. The highest BCUT2D eigenvalue weighted by Crippen LogP contribution is 2.58. The summed E-state index contributed by atoms with van der Waals surface area (Å²) >= 11 is 0. The number of nitrogens with one attached hydrogen (secondary N) is 6. The molecule has 0 saturated carbocycles. The Morgan fingerprint density at radius 2 is 1.08 bits per heavy atom. The Labute approximate surface area is 626 Å². The molecule has 4 aromatic carbocycles. The highest BCUT2D eigenvalue weighted by atomic mass is 31.2. The molecule has 582 valence electrons. The first-order valence-corrected chi connectivity index (χ1v) is 39.5. The molecular formula is C68H85B2N12O24P3. The van der Waals surface area contributed by atoms with E-state index in [0.29, 0.717) is 52.2 Å². The average Bonchev–Trinajstić information content (AvgIpc) is 1.72. The van der Waals surface area contributed by atoms with Crippen LogP contribution in [0.5, 0.6) is 11.5 Å². The third kappa shape index (κ3) is 25.4. The SMILES string of the molecule is CC(C)C[C@H](NC(=O)[C@H](Cc1ccccc1CC(C)C[C@H](NC(=O)[C@H](Cc1ccccc1)NC(=O)c1cnccn1)B1OCc2ccc(N(C)C(=O)OCCCC(=O)NC(P(=O)(O)O)P(=O)(O)O)cc2CO1)NC(=O)c1cnccn1)B1Oc2ccc(N(C)C(=O)CCCCC(=O)NC(C(=O)O)P(=O)(O)O)cc2O1. The molecule has 2 aliphatic heterocycles. The minimum absolute atomic E-state index is 0.0416. The first-order valence-electron chi connectivity index (χ1n) is 34.4. The monoisotopic (exact) mass is 1570 g/mol. The highest BCUT2D eigenvalue weighted by Gasteiger charge is 2.46. The lowest BCUT2D eigenvalue weighted by Gasteiger charge is -2.29. The quantitative estimate of drug-likeness (QED) is 0.0150. The molecule has 6 aromatic rings. The van der Waals surface area contributed by atoms with Crippen LogP contribution in [0.1, 0.15) is 121 Å². The lowest BCUT2D eigenvalue weighted by Crippen LogP contribution is -2.57. The van der Waals surface area contributed by atoms with Gasteiger partial charge in [0.05, 0.1) is 44.1 Å². The largest absolute Gasteiger partial charge is 0.618 e. The molecular weight excluding hydrogens is 1480 g/mol. The molecule has 2 aliphatic rings. The zero-order valence-electron chi connectivity index (χ0n) is 59.9. The van der Waals surface area contributed by atoms with Gasteiger partial charge in [-0.15, -0.1) is 0 Å². The molecule has 0 saturated heterocycles. The molecule has 4 heterocycles. The molecule has 2 unspecified atom stereocenters. The number of nitrogens with zero attached hydrogens (tertiary/aromatic N) is 6. The normalized spacial score (nSPS) is 14.5. The predicted molar refractivity (Wildman–Crippen MR) is 391 cm³/mol. The van der Waals surface area contributed by atoms with Crippen LogP contribution < -0.4 is 51.0 Å². The first kappa shape index (κ1) is 84.8. The predicted octanol–water partition coefficient (Wildman–Crippen LogP) is 3.84. The molecule has 0 spiro atoms. The lowest BCUT2D eigenvalue weighted by atomic mass is 9.72. The second kappa shape index (κ2) is 39.0. The fourth-order valence-electron chi connectivity index (χ4n) is 11.8. The van der Waals surface area contributed by atoms with Crippen LogP contribution in [0.4, 0.5) is 16.2 Å². The van der Waals surface area contributed by atoms with E-state index < -0.39 is 126 Å². The highest BCUT2D eigenvalue weighted by molar-refractivity contribution is 7.70. The topological polar surface area (TPSA) is 523 Å². The number of rotatable bonds is 37. The molecule has 8 amide bonds. The van der Waals surface area contributed by atoms with Gasteiger partial charge in [-0.3, -0.25) is 62.1 Å². The zero-order valence-corrected chi connectivity index (χ0v) is 62.6. The lowest BCUT2D eigenvalue weighted by molar-refractivity contribution is -0.139. The van der Waals surface area contributed by atoms with E-state index in [1.165, 1.54) is 56.2 Å². The van der Waals surface area contributed by atoms with Gasteiger partial charge in [-0.1, -0.05) is 81.4 Å². The molecule has 41 heteroatoms. The summed E-state index contributed by atoms with van der Waals surface area (Å²) in [7, 11) is -15.4. The summed E-state index contributed by atoms with van der Waals surface area (Å²) in [6.07, 6.45) is 7.08. The number of carbonyl (C=O) groups is 9. The number of fused-ring (bicyclic) bond motifs is 2. The Morgan fingerprint density at radius 3 is 1.66 bits per heavy atom. The molecule has 0 fully saturated rings. The van der Waals surface area contributed by atoms with Crippen LogP contribution in [0.3, 0.4) is 0 Å². The average molecular weight is 1570 g/mol. The van der Waals surface area contributed by atoms with Crippen LogP contribution in [-0.4, -0.2) is 178 Å². The number of carboxylic acid groups (broad SMARTS) is 1. The van der Waals surface area contributed by atoms with Crippen molar-refractivity contribution < 1.29 is 115 Å². The van der Waals surface area contributed by atoms with Crippen molar-refractivity contribution in [3.8, 4) is 11.5 Å². The number of unbranched alkanes of at least 4 members (excludes halogenated alkanes) is 1. The van der Waals surface area contributed by atoms with Gasteiger partial charge in [0.2, 0.25) is 40.8 Å². The molecule has 0 radical (unpaired) electrons. The van der Waals surface area contributed by atoms with Gasteiger partial charge >= 0.3 is 49.1 Å². The van der Waals surface area contributed by atoms with Crippen LogP contribution in [0.15, 0.2) is 128 Å². The summed E-state index contributed by atoms with van der Waals surface area (Å²) in [4.78, 5) is 195. The van der Waals surface area contributed by atoms with Crippen molar-refractivity contribution in [3.63, 3.8) is 0 Å². The number of hydrogen-bond acceptors (Lipinski definition) is 21. The number of ether oxygens (including phenoxy) is 1. The Bertz CT molecular complexity index is 4340. The third-order valence-electron chi connectivity index (χ3n) is 17.4. The number of amides is 8. The summed E-state index contributed by atoms with van der Waals surface area (Å²) in [5.74, 6) is -10.9. The fraction of sp³-hybridized carbons (Fsp3) is 0.397. The van der Waals surface area contributed by atoms with Crippen LogP contribution in [0, 0.1) is 11.8 Å². The standard InChI is InChI=1S/C68H85B2N12O24P3/c1-41(2)30-56(70-105-54-24-23-49(36-55(54)106-70)81(4)60(85)20-12-11-18-58(83)79-65(66(90)91)107(93,94)95)77-62(87)51(76-64(89)53-38-72-26-28-74-53)35-45-17-10-9-16-44(45)31-42(3)32-57(78-61(86)50(33-43-14-7-6-8-15-43)75-63(88)52-37-71-25-27-73-52)69-103-39-46-21-22-48(34-47(46)40-104-69)82(5)68(92)102-29-13-19-59(84)80-67(108(96,97)98)109(99,100)101/h6-10,14-17,21-28,34,36-38,41-42,50-51,56-57,65,67H,11-13,18-20,29-33,35,39-40H2,1-5H3,(H,75,88)(H,76,89)(H,77,87)(H,78,86)(H,79,83)(H,80,84)(H,90,91)(H2,93,94,95)(H2,96,97,98)(H2,99,100,101)/t42?,50-,51-,56-,57-,65?/m0/s1. The van der Waals surface area contributed by atoms with Crippen LogP contribution >= 0.6 is 22.8 Å². The van der Waals surface area contributed by atoms with Crippen molar-refractivity contribution in [3.05, 3.63) is 167 Å². The maximum atomic E-state index is 15.1.